The molecule has 1 N–H and O–H groups in total. The molecule has 0 radical (unpaired) electrons. The van der Waals surface area contributed by atoms with Crippen molar-refractivity contribution >= 4 is 40.3 Å². The number of carbonyl (C=O) groups is 4. The van der Waals surface area contributed by atoms with Crippen molar-refractivity contribution in [3.8, 4) is 0 Å². The standard InChI is InChI=1S/C31H42O7.C24H34O3Si.C10H24OSi/c1-3-29(32)36-20-8-9-21-38-31(34)24-28-16-12-26(13-17-28)22-25-10-14-27(15-11-25)23-30(33)37-19-7-5-4-6-18-35-2;1-20-8-10-21(11-9-20)18-22-12-14-23(15-13-22)19-24(25)27-16-6-4-5-7-17-28(2,3)26;1-11-9-7-5-6-8-10-12(2,3)4/h10-17H,3-9,18-24H2,1-2H3;8-15,26H,4-7,16-19H2,1-3H3;5-10H2,1-4H3. The van der Waals surface area contributed by atoms with Crippen LogP contribution >= 0.6 is 0 Å². The van der Waals surface area contributed by atoms with Crippen LogP contribution in [0.15, 0.2) is 97.1 Å². The molecule has 0 aliphatic carbocycles. The van der Waals surface area contributed by atoms with E-state index in [-0.39, 0.29) is 36.7 Å². The Kier molecular flexibility index (Phi) is 37.3. The molecule has 0 atom stereocenters. The predicted octanol–water partition coefficient (Wildman–Crippen LogP) is 14.3. The molecule has 0 saturated heterocycles. The molecule has 0 aromatic heterocycles. The fourth-order valence-electron chi connectivity index (χ4n) is 8.18. The number of aryl methyl sites for hydroxylation is 1. The first-order valence-corrected chi connectivity index (χ1v) is 35.9. The summed E-state index contributed by atoms with van der Waals surface area (Å²) in [4.78, 5) is 57.0. The van der Waals surface area contributed by atoms with E-state index in [2.05, 4.69) is 63.0 Å². The van der Waals surface area contributed by atoms with E-state index in [1.807, 2.05) is 73.8 Å². The molecule has 4 aromatic rings. The third kappa shape index (κ3) is 38.6. The summed E-state index contributed by atoms with van der Waals surface area (Å²) in [5.74, 6) is -0.827. The van der Waals surface area contributed by atoms with Gasteiger partial charge < -0.3 is 33.2 Å². The van der Waals surface area contributed by atoms with Crippen LogP contribution in [0.3, 0.4) is 0 Å². The first-order valence-electron chi connectivity index (χ1n) is 29.0. The molecule has 0 saturated carbocycles. The SMILES string of the molecule is CCC(=O)OCCCCOC(=O)Cc1ccc(Cc2ccc(CC(=O)OCCCCCCOC)cc2)cc1.COCCCCCC[Si](C)(C)C.Cc1ccc(Cc2ccc(CC(=O)OCCCCCC[Si](C)(C)O)cc2)cc1. The van der Waals surface area contributed by atoms with Crippen molar-refractivity contribution in [3.63, 3.8) is 0 Å². The third-order valence-corrected chi connectivity index (χ3v) is 16.3. The van der Waals surface area contributed by atoms with Crippen molar-refractivity contribution in [2.24, 2.45) is 0 Å². The van der Waals surface area contributed by atoms with Crippen LogP contribution in [0, 0.1) is 6.92 Å². The van der Waals surface area contributed by atoms with Gasteiger partial charge in [0, 0.05) is 41.9 Å². The maximum absolute atomic E-state index is 12.1. The van der Waals surface area contributed by atoms with Gasteiger partial charge in [-0.05, 0) is 123 Å². The minimum absolute atomic E-state index is 0.157. The van der Waals surface area contributed by atoms with E-state index in [0.29, 0.717) is 52.1 Å². The molecule has 0 unspecified atom stereocenters. The number of esters is 4. The Morgan fingerprint density at radius 3 is 0.949 bits per heavy atom. The molecule has 11 nitrogen and oxygen atoms in total. The van der Waals surface area contributed by atoms with Crippen LogP contribution < -0.4 is 0 Å². The van der Waals surface area contributed by atoms with Crippen molar-refractivity contribution in [2.75, 3.05) is 53.9 Å². The topological polar surface area (TPSA) is 144 Å². The molecule has 0 spiro atoms. The van der Waals surface area contributed by atoms with Gasteiger partial charge in [0.2, 0.25) is 0 Å². The van der Waals surface area contributed by atoms with Crippen LogP contribution in [0.4, 0.5) is 0 Å². The molecule has 0 amide bonds. The summed E-state index contributed by atoms with van der Waals surface area (Å²) in [5, 5.41) is 0. The van der Waals surface area contributed by atoms with Crippen LogP contribution in [0.5, 0.6) is 0 Å². The monoisotopic (exact) mass is 1110 g/mol. The average molecular weight is 1110 g/mol. The summed E-state index contributed by atoms with van der Waals surface area (Å²) in [5.41, 5.74) is 8.93. The second kappa shape index (κ2) is 42.0. The maximum atomic E-state index is 12.1. The van der Waals surface area contributed by atoms with Gasteiger partial charge in [0.15, 0.2) is 8.32 Å². The van der Waals surface area contributed by atoms with Crippen LogP contribution in [0.25, 0.3) is 0 Å². The Balaban J connectivity index is 0.000000453. The van der Waals surface area contributed by atoms with Crippen LogP contribution in [-0.2, 0) is 79.7 Å². The lowest BCUT2D eigenvalue weighted by Gasteiger charge is -2.14. The number of carbonyl (C=O) groups excluding carboxylic acids is 4. The summed E-state index contributed by atoms with van der Waals surface area (Å²) < 4.78 is 31.0. The van der Waals surface area contributed by atoms with Crippen molar-refractivity contribution < 1.29 is 52.4 Å². The van der Waals surface area contributed by atoms with E-state index in [4.69, 9.17) is 28.4 Å². The lowest BCUT2D eigenvalue weighted by molar-refractivity contribution is -0.145. The fraction of sp³-hybridized carbons (Fsp3) is 0.569. The Morgan fingerprint density at radius 1 is 0.372 bits per heavy atom. The van der Waals surface area contributed by atoms with Gasteiger partial charge in [-0.25, -0.2) is 0 Å². The number of hydrogen-bond donors (Lipinski definition) is 1. The smallest absolute Gasteiger partial charge is 0.310 e. The quantitative estimate of drug-likeness (QED) is 0.0199. The average Bonchev–Trinajstić information content (AvgIpc) is 3.40. The lowest BCUT2D eigenvalue weighted by Crippen LogP contribution is -2.23. The molecule has 434 valence electrons. The number of unbranched alkanes of at least 4 members (excludes halogenated alkanes) is 10. The zero-order valence-electron chi connectivity index (χ0n) is 49.6. The molecular formula is C65H100O11Si2. The highest BCUT2D eigenvalue weighted by Crippen LogP contribution is 2.17. The Morgan fingerprint density at radius 2 is 0.641 bits per heavy atom. The minimum Gasteiger partial charge on any atom is -0.466 e. The van der Waals surface area contributed by atoms with E-state index in [0.717, 1.165) is 111 Å². The summed E-state index contributed by atoms with van der Waals surface area (Å²) >= 11 is 0. The molecule has 0 aliphatic rings. The molecule has 78 heavy (non-hydrogen) atoms. The second-order valence-electron chi connectivity index (χ2n) is 22.4. The number of rotatable bonds is 37. The van der Waals surface area contributed by atoms with Crippen molar-refractivity contribution in [2.45, 2.75) is 187 Å². The highest BCUT2D eigenvalue weighted by molar-refractivity contribution is 6.76. The van der Waals surface area contributed by atoms with Gasteiger partial charge in [0.1, 0.15) is 0 Å². The van der Waals surface area contributed by atoms with Gasteiger partial charge >= 0.3 is 23.9 Å². The van der Waals surface area contributed by atoms with Crippen molar-refractivity contribution in [1.29, 1.82) is 0 Å². The number of benzene rings is 4. The summed E-state index contributed by atoms with van der Waals surface area (Å²) in [6.07, 6.45) is 17.8. The van der Waals surface area contributed by atoms with Gasteiger partial charge in [0.05, 0.1) is 45.7 Å². The number of hydrogen-bond acceptors (Lipinski definition) is 11. The lowest BCUT2D eigenvalue weighted by atomic mass is 10.0. The highest BCUT2D eigenvalue weighted by atomic mass is 28.4. The second-order valence-corrected chi connectivity index (χ2v) is 32.1. The molecular weight excluding hydrogens is 1010 g/mol. The van der Waals surface area contributed by atoms with E-state index in [9.17, 15) is 24.0 Å². The molecule has 0 heterocycles. The molecule has 4 aromatic carbocycles. The Hall–Kier alpha value is -4.93. The third-order valence-electron chi connectivity index (χ3n) is 12.9. The van der Waals surface area contributed by atoms with Crippen LogP contribution in [-0.4, -0.2) is 98.9 Å². The fourth-order valence-corrected chi connectivity index (χ4v) is 10.6. The van der Waals surface area contributed by atoms with E-state index in [1.54, 1.807) is 21.1 Å². The summed E-state index contributed by atoms with van der Waals surface area (Å²) in [6, 6.07) is 35.2. The summed E-state index contributed by atoms with van der Waals surface area (Å²) in [7, 11) is 0.827. The van der Waals surface area contributed by atoms with E-state index in [1.165, 1.54) is 48.4 Å². The first-order chi connectivity index (χ1) is 37.4. The van der Waals surface area contributed by atoms with Gasteiger partial charge in [-0.1, -0.05) is 180 Å². The zero-order chi connectivity index (χ0) is 57.3. The molecule has 0 fully saturated rings. The van der Waals surface area contributed by atoms with E-state index >= 15 is 0 Å². The minimum atomic E-state index is -1.90. The van der Waals surface area contributed by atoms with Crippen LogP contribution in [0.1, 0.15) is 148 Å². The first kappa shape index (κ1) is 69.2. The molecule has 0 aliphatic heterocycles. The number of ether oxygens (including phenoxy) is 6. The van der Waals surface area contributed by atoms with Gasteiger partial charge in [-0.3, -0.25) is 19.2 Å². The Bertz CT molecular complexity index is 2180. The highest BCUT2D eigenvalue weighted by Gasteiger charge is 2.16. The Labute approximate surface area is 473 Å². The molecule has 0 bridgehead atoms. The van der Waals surface area contributed by atoms with Crippen molar-refractivity contribution in [3.05, 3.63) is 142 Å². The van der Waals surface area contributed by atoms with E-state index < -0.39 is 16.4 Å². The normalized spacial score (nSPS) is 11.2. The predicted molar refractivity (Wildman–Crippen MR) is 322 cm³/mol. The van der Waals surface area contributed by atoms with Gasteiger partial charge in [-0.2, -0.15) is 0 Å². The molecule has 13 heteroatoms. The van der Waals surface area contributed by atoms with Gasteiger partial charge in [-0.15, -0.1) is 0 Å². The number of methoxy groups -OCH3 is 2. The maximum Gasteiger partial charge on any atom is 0.310 e. The largest absolute Gasteiger partial charge is 0.466 e. The molecule has 4 rings (SSSR count). The summed E-state index contributed by atoms with van der Waals surface area (Å²) in [6.45, 7) is 18.5. The van der Waals surface area contributed by atoms with Gasteiger partial charge in [0.25, 0.3) is 0 Å². The van der Waals surface area contributed by atoms with Crippen LogP contribution in [0.2, 0.25) is 44.8 Å². The van der Waals surface area contributed by atoms with Crippen molar-refractivity contribution in [1.82, 2.24) is 0 Å². The zero-order valence-corrected chi connectivity index (χ0v) is 51.6.